The van der Waals surface area contributed by atoms with Crippen molar-refractivity contribution in [1.82, 2.24) is 14.9 Å². The van der Waals surface area contributed by atoms with Crippen molar-refractivity contribution in [2.45, 2.75) is 32.2 Å². The zero-order valence-electron chi connectivity index (χ0n) is 14.5. The van der Waals surface area contributed by atoms with Gasteiger partial charge in [0, 0.05) is 23.9 Å². The molecule has 5 nitrogen and oxygen atoms in total. The van der Waals surface area contributed by atoms with Crippen LogP contribution in [0.25, 0.3) is 0 Å². The second-order valence-corrected chi connectivity index (χ2v) is 6.28. The van der Waals surface area contributed by atoms with Crippen molar-refractivity contribution in [2.75, 3.05) is 32.1 Å². The average molecular weight is 326 g/mol. The van der Waals surface area contributed by atoms with Gasteiger partial charge in [0.15, 0.2) is 0 Å². The van der Waals surface area contributed by atoms with Crippen LogP contribution in [0.2, 0.25) is 0 Å². The van der Waals surface area contributed by atoms with Crippen LogP contribution in [0.3, 0.4) is 0 Å². The minimum absolute atomic E-state index is 0.275. The lowest BCUT2D eigenvalue weighted by Gasteiger charge is -2.35. The number of piperidine rings is 1. The highest BCUT2D eigenvalue weighted by Gasteiger charge is 2.24. The van der Waals surface area contributed by atoms with E-state index in [4.69, 9.17) is 4.74 Å². The van der Waals surface area contributed by atoms with Crippen molar-refractivity contribution in [2.24, 2.45) is 0 Å². The zero-order valence-corrected chi connectivity index (χ0v) is 14.5. The molecule has 0 spiro atoms. The fraction of sp³-hybridized carbons (Fsp3) is 0.474. The van der Waals surface area contributed by atoms with Crippen LogP contribution < -0.4 is 10.1 Å². The Morgan fingerprint density at radius 1 is 1.17 bits per heavy atom. The summed E-state index contributed by atoms with van der Waals surface area (Å²) in [6.07, 6.45) is 5.46. The number of hydrogen-bond acceptors (Lipinski definition) is 5. The van der Waals surface area contributed by atoms with E-state index in [0.29, 0.717) is 0 Å². The fourth-order valence-corrected chi connectivity index (χ4v) is 3.36. The molecule has 5 heteroatoms. The van der Waals surface area contributed by atoms with E-state index in [9.17, 15) is 0 Å². The lowest BCUT2D eigenvalue weighted by molar-refractivity contribution is 0.167. The van der Waals surface area contributed by atoms with Gasteiger partial charge in [-0.25, -0.2) is 9.97 Å². The number of likely N-dealkylation sites (tertiary alicyclic amines) is 1. The minimum Gasteiger partial charge on any atom is -0.496 e. The molecule has 1 atom stereocenters. The van der Waals surface area contributed by atoms with Crippen LogP contribution in [0.5, 0.6) is 5.75 Å². The molecule has 0 amide bonds. The minimum atomic E-state index is 0.275. The first-order valence-corrected chi connectivity index (χ1v) is 8.67. The Bertz CT molecular complexity index is 655. The summed E-state index contributed by atoms with van der Waals surface area (Å²) in [4.78, 5) is 11.0. The molecule has 1 aromatic carbocycles. The summed E-state index contributed by atoms with van der Waals surface area (Å²) < 4.78 is 5.61. The maximum atomic E-state index is 5.61. The summed E-state index contributed by atoms with van der Waals surface area (Å²) in [6.45, 7) is 5.05. The summed E-state index contributed by atoms with van der Waals surface area (Å²) in [5, 5.41) is 3.48. The van der Waals surface area contributed by atoms with Gasteiger partial charge in [0.2, 0.25) is 0 Å². The molecule has 1 unspecified atom stereocenters. The number of para-hydroxylation sites is 1. The number of nitrogens with zero attached hydrogens (tertiary/aromatic N) is 3. The van der Waals surface area contributed by atoms with Gasteiger partial charge in [0.1, 0.15) is 17.9 Å². The van der Waals surface area contributed by atoms with E-state index in [1.807, 2.05) is 25.1 Å². The van der Waals surface area contributed by atoms with Crippen molar-refractivity contribution in [3.05, 3.63) is 47.9 Å². The Balaban J connectivity index is 1.81. The van der Waals surface area contributed by atoms with Gasteiger partial charge in [-0.2, -0.15) is 0 Å². The second-order valence-electron chi connectivity index (χ2n) is 6.28. The molecule has 1 fully saturated rings. The molecule has 1 aromatic heterocycles. The first-order chi connectivity index (χ1) is 11.8. The number of benzene rings is 1. The van der Waals surface area contributed by atoms with Crippen LogP contribution in [-0.4, -0.2) is 41.6 Å². The average Bonchev–Trinajstić information content (AvgIpc) is 2.63. The molecule has 24 heavy (non-hydrogen) atoms. The van der Waals surface area contributed by atoms with E-state index < -0.39 is 0 Å². The molecule has 0 radical (unpaired) electrons. The van der Waals surface area contributed by atoms with Gasteiger partial charge in [-0.05, 0) is 38.9 Å². The molecule has 2 aromatic rings. The van der Waals surface area contributed by atoms with Gasteiger partial charge < -0.3 is 10.1 Å². The third kappa shape index (κ3) is 4.03. The standard InChI is InChI=1S/C19H26N4O/c1-15-12-19(22-14-21-15)20-13-17(23-10-6-3-7-11-23)16-8-4-5-9-18(16)24-2/h4-5,8-9,12,14,17H,3,6-7,10-11,13H2,1-2H3,(H,20,21,22). The molecule has 0 bridgehead atoms. The van der Waals surface area contributed by atoms with Gasteiger partial charge >= 0.3 is 0 Å². The van der Waals surface area contributed by atoms with Crippen LogP contribution in [-0.2, 0) is 0 Å². The van der Waals surface area contributed by atoms with Crippen LogP contribution >= 0.6 is 0 Å². The van der Waals surface area contributed by atoms with Gasteiger partial charge in [0.25, 0.3) is 0 Å². The monoisotopic (exact) mass is 326 g/mol. The maximum Gasteiger partial charge on any atom is 0.129 e. The summed E-state index contributed by atoms with van der Waals surface area (Å²) >= 11 is 0. The number of rotatable bonds is 6. The van der Waals surface area contributed by atoms with E-state index in [1.54, 1.807) is 13.4 Å². The predicted octanol–water partition coefficient (Wildman–Crippen LogP) is 3.43. The summed E-state index contributed by atoms with van der Waals surface area (Å²) in [7, 11) is 1.74. The molecule has 128 valence electrons. The van der Waals surface area contributed by atoms with Crippen molar-refractivity contribution in [1.29, 1.82) is 0 Å². The summed E-state index contributed by atoms with van der Waals surface area (Å²) in [6, 6.07) is 10.6. The number of anilines is 1. The molecule has 0 saturated carbocycles. The van der Waals surface area contributed by atoms with Gasteiger partial charge in [-0.15, -0.1) is 0 Å². The predicted molar refractivity (Wildman–Crippen MR) is 96.4 cm³/mol. The van der Waals surface area contributed by atoms with E-state index in [-0.39, 0.29) is 6.04 Å². The van der Waals surface area contributed by atoms with Gasteiger partial charge in [-0.3, -0.25) is 4.90 Å². The third-order valence-electron chi connectivity index (χ3n) is 4.61. The molecule has 1 saturated heterocycles. The number of ether oxygens (including phenoxy) is 1. The highest BCUT2D eigenvalue weighted by molar-refractivity contribution is 5.39. The normalized spacial score (nSPS) is 16.6. The first-order valence-electron chi connectivity index (χ1n) is 8.67. The smallest absolute Gasteiger partial charge is 0.129 e. The summed E-state index contributed by atoms with van der Waals surface area (Å²) in [5.41, 5.74) is 2.21. The highest BCUT2D eigenvalue weighted by atomic mass is 16.5. The first kappa shape index (κ1) is 16.7. The van der Waals surface area contributed by atoms with Crippen LogP contribution in [0.15, 0.2) is 36.7 Å². The Labute approximate surface area is 144 Å². The van der Waals surface area contributed by atoms with Crippen molar-refractivity contribution < 1.29 is 4.74 Å². The topological polar surface area (TPSA) is 50.3 Å². The van der Waals surface area contributed by atoms with Crippen LogP contribution in [0, 0.1) is 6.92 Å². The van der Waals surface area contributed by atoms with E-state index in [2.05, 4.69) is 32.3 Å². The van der Waals surface area contributed by atoms with Gasteiger partial charge in [0.05, 0.1) is 13.2 Å². The molecule has 0 aliphatic carbocycles. The number of aryl methyl sites for hydroxylation is 1. The third-order valence-corrected chi connectivity index (χ3v) is 4.61. The van der Waals surface area contributed by atoms with Crippen molar-refractivity contribution in [3.63, 3.8) is 0 Å². The quantitative estimate of drug-likeness (QED) is 0.881. The Morgan fingerprint density at radius 2 is 1.96 bits per heavy atom. The molecule has 1 aliphatic heterocycles. The molecule has 2 heterocycles. The van der Waals surface area contributed by atoms with E-state index >= 15 is 0 Å². The lowest BCUT2D eigenvalue weighted by atomic mass is 10.0. The number of aromatic nitrogens is 2. The Morgan fingerprint density at radius 3 is 2.71 bits per heavy atom. The maximum absolute atomic E-state index is 5.61. The number of nitrogens with one attached hydrogen (secondary N) is 1. The van der Waals surface area contributed by atoms with Crippen LogP contribution in [0.4, 0.5) is 5.82 Å². The SMILES string of the molecule is COc1ccccc1C(CNc1cc(C)ncn1)N1CCCCC1. The van der Waals surface area contributed by atoms with E-state index in [0.717, 1.165) is 36.9 Å². The number of methoxy groups -OCH3 is 1. The molecular weight excluding hydrogens is 300 g/mol. The molecule has 1 N–H and O–H groups in total. The molecule has 3 rings (SSSR count). The van der Waals surface area contributed by atoms with Crippen molar-refractivity contribution in [3.8, 4) is 5.75 Å². The highest BCUT2D eigenvalue weighted by Crippen LogP contribution is 2.31. The number of hydrogen-bond donors (Lipinski definition) is 1. The fourth-order valence-electron chi connectivity index (χ4n) is 3.36. The van der Waals surface area contributed by atoms with E-state index in [1.165, 1.54) is 24.8 Å². The molecular formula is C19H26N4O. The molecule has 1 aliphatic rings. The van der Waals surface area contributed by atoms with Gasteiger partial charge in [-0.1, -0.05) is 24.6 Å². The summed E-state index contributed by atoms with van der Waals surface area (Å²) in [5.74, 6) is 1.83. The Hall–Kier alpha value is -2.14. The largest absolute Gasteiger partial charge is 0.496 e. The lowest BCUT2D eigenvalue weighted by Crippen LogP contribution is -2.37. The zero-order chi connectivity index (χ0) is 16.8. The van der Waals surface area contributed by atoms with Crippen LogP contribution in [0.1, 0.15) is 36.6 Å². The Kier molecular flexibility index (Phi) is 5.64. The second kappa shape index (κ2) is 8.11. The van der Waals surface area contributed by atoms with Crippen molar-refractivity contribution >= 4 is 5.82 Å².